The molecule has 0 unspecified atom stereocenters. The van der Waals surface area contributed by atoms with Gasteiger partial charge in [-0.25, -0.2) is 9.48 Å². The van der Waals surface area contributed by atoms with Crippen molar-refractivity contribution in [3.05, 3.63) is 80.8 Å². The Morgan fingerprint density at radius 2 is 1.76 bits per heavy atom. The fourth-order valence-corrected chi connectivity index (χ4v) is 3.94. The topological polar surface area (TPSA) is 79.0 Å². The molecule has 0 radical (unpaired) electrons. The number of methoxy groups -OCH3 is 1. The molecule has 0 amide bonds. The van der Waals surface area contributed by atoms with Crippen molar-refractivity contribution in [1.82, 2.24) is 19.3 Å². The van der Waals surface area contributed by atoms with Crippen LogP contribution in [0.2, 0.25) is 0 Å². The SMILES string of the molecule is COC(=O)c1ccc(Cn2c(=O)c(Br)c(-c3ccc4nccnc4c3)n2C)cc1. The summed E-state index contributed by atoms with van der Waals surface area (Å²) < 4.78 is 8.65. The molecule has 0 atom stereocenters. The largest absolute Gasteiger partial charge is 0.465 e. The predicted octanol–water partition coefficient (Wildman–Crippen LogP) is 3.39. The molecule has 29 heavy (non-hydrogen) atoms. The third-order valence-corrected chi connectivity index (χ3v) is 5.48. The van der Waals surface area contributed by atoms with Crippen LogP contribution in [-0.4, -0.2) is 32.4 Å². The van der Waals surface area contributed by atoms with Crippen LogP contribution in [0.1, 0.15) is 15.9 Å². The van der Waals surface area contributed by atoms with E-state index >= 15 is 0 Å². The number of aromatic nitrogens is 4. The van der Waals surface area contributed by atoms with Crippen LogP contribution >= 0.6 is 15.9 Å². The lowest BCUT2D eigenvalue weighted by Gasteiger charge is -2.11. The molecule has 0 aliphatic rings. The van der Waals surface area contributed by atoms with Gasteiger partial charge in [0.15, 0.2) is 0 Å². The average Bonchev–Trinajstić information content (AvgIpc) is 2.96. The van der Waals surface area contributed by atoms with E-state index < -0.39 is 5.97 Å². The van der Waals surface area contributed by atoms with Gasteiger partial charge >= 0.3 is 5.97 Å². The van der Waals surface area contributed by atoms with Gasteiger partial charge in [-0.3, -0.25) is 19.4 Å². The van der Waals surface area contributed by atoms with E-state index in [1.165, 1.54) is 7.11 Å². The molecule has 0 aliphatic carbocycles. The van der Waals surface area contributed by atoms with Gasteiger partial charge in [-0.15, -0.1) is 0 Å². The molecule has 0 aliphatic heterocycles. The van der Waals surface area contributed by atoms with Crippen molar-refractivity contribution >= 4 is 32.9 Å². The summed E-state index contributed by atoms with van der Waals surface area (Å²) in [6.07, 6.45) is 3.29. The molecule has 0 spiro atoms. The molecule has 8 heteroatoms. The molecule has 0 saturated heterocycles. The van der Waals surface area contributed by atoms with Crippen LogP contribution in [-0.2, 0) is 18.3 Å². The fourth-order valence-electron chi connectivity index (χ4n) is 3.25. The van der Waals surface area contributed by atoms with Crippen molar-refractivity contribution in [2.75, 3.05) is 7.11 Å². The Hall–Kier alpha value is -3.26. The van der Waals surface area contributed by atoms with Crippen LogP contribution < -0.4 is 5.56 Å². The predicted molar refractivity (Wildman–Crippen MR) is 113 cm³/mol. The number of carbonyl (C=O) groups excluding carboxylic acids is 1. The first-order chi connectivity index (χ1) is 14.0. The van der Waals surface area contributed by atoms with E-state index in [0.717, 1.165) is 27.9 Å². The number of hydrogen-bond donors (Lipinski definition) is 0. The van der Waals surface area contributed by atoms with Crippen molar-refractivity contribution in [2.24, 2.45) is 7.05 Å². The van der Waals surface area contributed by atoms with E-state index in [2.05, 4.69) is 25.9 Å². The van der Waals surface area contributed by atoms with E-state index in [0.29, 0.717) is 16.6 Å². The molecule has 2 aromatic heterocycles. The zero-order valence-corrected chi connectivity index (χ0v) is 17.4. The van der Waals surface area contributed by atoms with Crippen LogP contribution in [0.5, 0.6) is 0 Å². The summed E-state index contributed by atoms with van der Waals surface area (Å²) in [5, 5.41) is 0. The molecule has 4 rings (SSSR count). The molecule has 146 valence electrons. The number of benzene rings is 2. The standard InChI is InChI=1S/C21H17BrN4O3/c1-25-19(15-7-8-16-17(11-15)24-10-9-23-16)18(22)20(27)26(25)12-13-3-5-14(6-4-13)21(28)29-2/h3-11H,12H2,1-2H3. The minimum atomic E-state index is -0.392. The Bertz CT molecular complexity index is 1280. The highest BCUT2D eigenvalue weighted by molar-refractivity contribution is 9.10. The third kappa shape index (κ3) is 3.47. The number of nitrogens with zero attached hydrogens (tertiary/aromatic N) is 4. The molecule has 0 saturated carbocycles. The lowest BCUT2D eigenvalue weighted by Crippen LogP contribution is -2.22. The highest BCUT2D eigenvalue weighted by Crippen LogP contribution is 2.28. The van der Waals surface area contributed by atoms with Crippen LogP contribution in [0.3, 0.4) is 0 Å². The van der Waals surface area contributed by atoms with Crippen LogP contribution in [0.15, 0.2) is 64.1 Å². The zero-order valence-electron chi connectivity index (χ0n) is 15.8. The van der Waals surface area contributed by atoms with E-state index in [1.807, 2.05) is 42.1 Å². The Labute approximate surface area is 174 Å². The molecule has 4 aromatic rings. The van der Waals surface area contributed by atoms with Gasteiger partial charge < -0.3 is 4.74 Å². The summed E-state index contributed by atoms with van der Waals surface area (Å²) in [7, 11) is 3.18. The number of rotatable bonds is 4. The van der Waals surface area contributed by atoms with Crippen molar-refractivity contribution < 1.29 is 9.53 Å². The highest BCUT2D eigenvalue weighted by atomic mass is 79.9. The smallest absolute Gasteiger partial charge is 0.337 e. The zero-order chi connectivity index (χ0) is 20.5. The monoisotopic (exact) mass is 452 g/mol. The van der Waals surface area contributed by atoms with Crippen LogP contribution in [0.25, 0.3) is 22.3 Å². The van der Waals surface area contributed by atoms with Gasteiger partial charge in [0.25, 0.3) is 5.56 Å². The van der Waals surface area contributed by atoms with Gasteiger partial charge in [0.1, 0.15) is 4.47 Å². The number of ether oxygens (including phenoxy) is 1. The average molecular weight is 453 g/mol. The molecular weight excluding hydrogens is 436 g/mol. The maximum absolute atomic E-state index is 12.9. The summed E-state index contributed by atoms with van der Waals surface area (Å²) >= 11 is 3.45. The molecule has 2 aromatic carbocycles. The van der Waals surface area contributed by atoms with Gasteiger partial charge in [0.2, 0.25) is 0 Å². The fraction of sp³-hybridized carbons (Fsp3) is 0.143. The number of fused-ring (bicyclic) bond motifs is 1. The first-order valence-corrected chi connectivity index (χ1v) is 9.62. The van der Waals surface area contributed by atoms with Crippen molar-refractivity contribution in [2.45, 2.75) is 6.54 Å². The molecule has 7 nitrogen and oxygen atoms in total. The normalized spacial score (nSPS) is 11.0. The molecule has 0 bridgehead atoms. The van der Waals surface area contributed by atoms with Crippen molar-refractivity contribution in [3.63, 3.8) is 0 Å². The van der Waals surface area contributed by atoms with Gasteiger partial charge in [0.05, 0.1) is 35.9 Å². The number of carbonyl (C=O) groups is 1. The molecule has 0 fully saturated rings. The lowest BCUT2D eigenvalue weighted by atomic mass is 10.1. The summed E-state index contributed by atoms with van der Waals surface area (Å²) in [6.45, 7) is 0.364. The van der Waals surface area contributed by atoms with E-state index in [9.17, 15) is 9.59 Å². The van der Waals surface area contributed by atoms with Crippen LogP contribution in [0.4, 0.5) is 0 Å². The minimum absolute atomic E-state index is 0.140. The van der Waals surface area contributed by atoms with Gasteiger partial charge in [-0.1, -0.05) is 18.2 Å². The lowest BCUT2D eigenvalue weighted by molar-refractivity contribution is 0.0600. The second-order valence-electron chi connectivity index (χ2n) is 6.50. The third-order valence-electron chi connectivity index (χ3n) is 4.77. The van der Waals surface area contributed by atoms with Gasteiger partial charge in [-0.2, -0.15) is 0 Å². The number of hydrogen-bond acceptors (Lipinski definition) is 5. The van der Waals surface area contributed by atoms with E-state index in [1.54, 1.807) is 29.2 Å². The summed E-state index contributed by atoms with van der Waals surface area (Å²) in [6, 6.07) is 12.7. The Balaban J connectivity index is 1.73. The Morgan fingerprint density at radius 1 is 1.07 bits per heavy atom. The summed E-state index contributed by atoms with van der Waals surface area (Å²) in [5.41, 5.74) is 4.40. The summed E-state index contributed by atoms with van der Waals surface area (Å²) in [4.78, 5) is 33.1. The first kappa shape index (κ1) is 19.1. The Morgan fingerprint density at radius 3 is 2.45 bits per heavy atom. The molecule has 0 N–H and O–H groups in total. The van der Waals surface area contributed by atoms with Crippen molar-refractivity contribution in [1.29, 1.82) is 0 Å². The maximum Gasteiger partial charge on any atom is 0.337 e. The highest BCUT2D eigenvalue weighted by Gasteiger charge is 2.18. The quantitative estimate of drug-likeness (QED) is 0.443. The molecular formula is C21H17BrN4O3. The van der Waals surface area contributed by atoms with E-state index in [-0.39, 0.29) is 5.56 Å². The number of halogens is 1. The Kier molecular flexibility index (Phi) is 5.02. The first-order valence-electron chi connectivity index (χ1n) is 8.83. The number of esters is 1. The maximum atomic E-state index is 12.9. The van der Waals surface area contributed by atoms with E-state index in [4.69, 9.17) is 4.74 Å². The van der Waals surface area contributed by atoms with Gasteiger partial charge in [0, 0.05) is 25.0 Å². The second kappa shape index (κ2) is 7.63. The summed E-state index contributed by atoms with van der Waals surface area (Å²) in [5.74, 6) is -0.392. The van der Waals surface area contributed by atoms with Gasteiger partial charge in [-0.05, 0) is 45.8 Å². The second-order valence-corrected chi connectivity index (χ2v) is 7.29. The minimum Gasteiger partial charge on any atom is -0.465 e. The van der Waals surface area contributed by atoms with Crippen molar-refractivity contribution in [3.8, 4) is 11.3 Å². The molecule has 2 heterocycles. The van der Waals surface area contributed by atoms with Crippen LogP contribution in [0, 0.1) is 0 Å².